The van der Waals surface area contributed by atoms with Crippen LogP contribution in [0.25, 0.3) is 0 Å². The minimum atomic E-state index is -4.02. The minimum Gasteiger partial charge on any atom is -0.325 e. The Morgan fingerprint density at radius 3 is 2.31 bits per heavy atom. The molecule has 0 unspecified atom stereocenters. The number of carbonyl (C=O) groups excluding carboxylic acids is 1. The number of nitrogens with zero attached hydrogens (tertiary/aromatic N) is 1. The van der Waals surface area contributed by atoms with Crippen molar-refractivity contribution in [1.29, 1.82) is 0 Å². The van der Waals surface area contributed by atoms with Crippen molar-refractivity contribution in [1.82, 2.24) is 4.31 Å². The molecule has 0 heterocycles. The largest absolute Gasteiger partial charge is 0.325 e. The molecule has 0 aliphatic heterocycles. The van der Waals surface area contributed by atoms with Crippen LogP contribution in [0.5, 0.6) is 0 Å². The summed E-state index contributed by atoms with van der Waals surface area (Å²) in [6.45, 7) is -0.521. The summed E-state index contributed by atoms with van der Waals surface area (Å²) in [4.78, 5) is 13.8. The van der Waals surface area contributed by atoms with E-state index in [2.05, 4.69) is 5.32 Å². The van der Waals surface area contributed by atoms with Crippen LogP contribution >= 0.6 is 46.6 Å². The van der Waals surface area contributed by atoms with Crippen molar-refractivity contribution in [3.63, 3.8) is 0 Å². The minimum absolute atomic E-state index is 0.0177. The zero-order valence-corrected chi connectivity index (χ0v) is 20.8. The van der Waals surface area contributed by atoms with Gasteiger partial charge in [0, 0.05) is 32.2 Å². The molecule has 0 bridgehead atoms. The van der Waals surface area contributed by atoms with Gasteiger partial charge in [-0.05, 0) is 66.4 Å². The third-order valence-corrected chi connectivity index (χ3v) is 7.86. The summed E-state index contributed by atoms with van der Waals surface area (Å²) < 4.78 is 27.8. The van der Waals surface area contributed by atoms with Crippen molar-refractivity contribution in [2.75, 3.05) is 18.1 Å². The average Bonchev–Trinajstić information content (AvgIpc) is 2.75. The molecule has 0 radical (unpaired) electrons. The van der Waals surface area contributed by atoms with Crippen molar-refractivity contribution in [2.45, 2.75) is 16.3 Å². The lowest BCUT2D eigenvalue weighted by Crippen LogP contribution is -2.37. The van der Waals surface area contributed by atoms with Gasteiger partial charge in [0.25, 0.3) is 0 Å². The number of rotatable bonds is 8. The maximum atomic E-state index is 13.3. The third-order valence-electron chi connectivity index (χ3n) is 4.49. The van der Waals surface area contributed by atoms with Crippen molar-refractivity contribution >= 4 is 68.2 Å². The molecule has 0 saturated carbocycles. The Kier molecular flexibility index (Phi) is 8.49. The molecule has 32 heavy (non-hydrogen) atoms. The first-order chi connectivity index (χ1) is 15.2. The van der Waals surface area contributed by atoms with Crippen LogP contribution in [0.4, 0.5) is 5.69 Å². The number of benzene rings is 3. The van der Waals surface area contributed by atoms with Gasteiger partial charge in [-0.25, -0.2) is 8.42 Å². The molecule has 0 spiro atoms. The molecule has 0 fully saturated rings. The average molecular weight is 530 g/mol. The van der Waals surface area contributed by atoms with E-state index >= 15 is 0 Å². The lowest BCUT2D eigenvalue weighted by Gasteiger charge is -2.22. The second-order valence-electron chi connectivity index (χ2n) is 6.74. The zero-order chi connectivity index (χ0) is 23.3. The molecule has 0 atom stereocenters. The van der Waals surface area contributed by atoms with Crippen molar-refractivity contribution < 1.29 is 13.2 Å². The molecule has 3 aromatic rings. The second-order valence-corrected chi connectivity index (χ2v) is 10.8. The van der Waals surface area contributed by atoms with Crippen molar-refractivity contribution in [3.05, 3.63) is 87.4 Å². The lowest BCUT2D eigenvalue weighted by molar-refractivity contribution is -0.116. The summed E-state index contributed by atoms with van der Waals surface area (Å²) in [5.74, 6) is -0.481. The van der Waals surface area contributed by atoms with E-state index in [1.807, 2.05) is 24.5 Å². The van der Waals surface area contributed by atoms with E-state index in [1.54, 1.807) is 18.2 Å². The molecule has 3 rings (SSSR count). The topological polar surface area (TPSA) is 66.5 Å². The number of thioether (sulfide) groups is 1. The maximum absolute atomic E-state index is 13.3. The monoisotopic (exact) mass is 528 g/mol. The van der Waals surface area contributed by atoms with E-state index in [1.165, 1.54) is 42.1 Å². The van der Waals surface area contributed by atoms with E-state index in [0.29, 0.717) is 26.3 Å². The first-order valence-electron chi connectivity index (χ1n) is 9.32. The van der Waals surface area contributed by atoms with Gasteiger partial charge in [-0.3, -0.25) is 4.79 Å². The Balaban J connectivity index is 1.90. The lowest BCUT2D eigenvalue weighted by atomic mass is 10.2. The smallest absolute Gasteiger partial charge is 0.243 e. The normalized spacial score (nSPS) is 11.5. The quantitative estimate of drug-likeness (QED) is 0.353. The predicted molar refractivity (Wildman–Crippen MR) is 132 cm³/mol. The van der Waals surface area contributed by atoms with Crippen LogP contribution < -0.4 is 5.32 Å². The van der Waals surface area contributed by atoms with E-state index in [-0.39, 0.29) is 11.4 Å². The fourth-order valence-corrected chi connectivity index (χ4v) is 5.31. The molecule has 0 aliphatic rings. The molecule has 1 amide bonds. The summed E-state index contributed by atoms with van der Waals surface area (Å²) in [5.41, 5.74) is 1.10. The van der Waals surface area contributed by atoms with Crippen molar-refractivity contribution in [2.24, 2.45) is 0 Å². The number of amides is 1. The highest BCUT2D eigenvalue weighted by molar-refractivity contribution is 7.98. The molecule has 168 valence electrons. The molecular weight excluding hydrogens is 511 g/mol. The Labute approximate surface area is 206 Å². The Bertz CT molecular complexity index is 1220. The number of carbonyl (C=O) groups is 1. The fourth-order valence-electron chi connectivity index (χ4n) is 2.88. The number of sulfonamides is 1. The highest BCUT2D eigenvalue weighted by Crippen LogP contribution is 2.26. The molecule has 10 heteroatoms. The van der Waals surface area contributed by atoms with Gasteiger partial charge in [0.2, 0.25) is 15.9 Å². The Hall–Kier alpha value is -1.74. The summed E-state index contributed by atoms with van der Waals surface area (Å²) in [5, 5.41) is 3.90. The molecule has 5 nitrogen and oxygen atoms in total. The van der Waals surface area contributed by atoms with Crippen LogP contribution in [-0.4, -0.2) is 31.4 Å². The molecular formula is C22H19Cl3N2O3S2. The second kappa shape index (κ2) is 10.9. The van der Waals surface area contributed by atoms with E-state index in [0.717, 1.165) is 9.20 Å². The van der Waals surface area contributed by atoms with Gasteiger partial charge < -0.3 is 5.32 Å². The molecule has 0 aliphatic carbocycles. The summed E-state index contributed by atoms with van der Waals surface area (Å²) in [6.07, 6.45) is 1.93. The van der Waals surface area contributed by atoms with Crippen LogP contribution in [0.1, 0.15) is 5.56 Å². The van der Waals surface area contributed by atoms with E-state index in [4.69, 9.17) is 34.8 Å². The SMILES string of the molecule is CSc1cccc(NC(=O)CN(Cc2ccc(Cl)cc2Cl)S(=O)(=O)c2ccc(Cl)cc2)c1. The van der Waals surface area contributed by atoms with Gasteiger partial charge in [-0.1, -0.05) is 46.9 Å². The highest BCUT2D eigenvalue weighted by Gasteiger charge is 2.27. The van der Waals surface area contributed by atoms with Gasteiger partial charge >= 0.3 is 0 Å². The van der Waals surface area contributed by atoms with Crippen LogP contribution in [0.2, 0.25) is 15.1 Å². The molecule has 3 aromatic carbocycles. The van der Waals surface area contributed by atoms with Crippen LogP contribution in [0, 0.1) is 0 Å². The summed E-state index contributed by atoms with van der Waals surface area (Å²) in [7, 11) is -4.02. The molecule has 0 saturated heterocycles. The first-order valence-corrected chi connectivity index (χ1v) is 13.1. The van der Waals surface area contributed by atoms with Crippen LogP contribution in [-0.2, 0) is 21.4 Å². The Morgan fingerprint density at radius 2 is 1.66 bits per heavy atom. The molecule has 0 aromatic heterocycles. The van der Waals surface area contributed by atoms with E-state index in [9.17, 15) is 13.2 Å². The van der Waals surface area contributed by atoms with Crippen LogP contribution in [0.3, 0.4) is 0 Å². The third kappa shape index (κ3) is 6.41. The summed E-state index contributed by atoms with van der Waals surface area (Å²) in [6, 6.07) is 17.8. The Morgan fingerprint density at radius 1 is 0.969 bits per heavy atom. The number of anilines is 1. The number of halogens is 3. The van der Waals surface area contributed by atoms with Crippen molar-refractivity contribution in [3.8, 4) is 0 Å². The summed E-state index contributed by atoms with van der Waals surface area (Å²) >= 11 is 19.7. The molecule has 1 N–H and O–H groups in total. The standard InChI is InChI=1S/C22H19Cl3N2O3S2/c1-31-19-4-2-3-18(12-19)26-22(28)14-27(13-15-5-6-17(24)11-21(15)25)32(29,30)20-9-7-16(23)8-10-20/h2-12H,13-14H2,1H3,(H,26,28). The van der Waals surface area contributed by atoms with Gasteiger partial charge in [0.1, 0.15) is 0 Å². The van der Waals surface area contributed by atoms with Gasteiger partial charge in [0.05, 0.1) is 11.4 Å². The zero-order valence-electron chi connectivity index (χ0n) is 16.9. The predicted octanol–water partition coefficient (Wildman–Crippen LogP) is 6.20. The fraction of sp³-hybridized carbons (Fsp3) is 0.136. The maximum Gasteiger partial charge on any atom is 0.243 e. The van der Waals surface area contributed by atoms with Crippen LogP contribution in [0.15, 0.2) is 76.5 Å². The van der Waals surface area contributed by atoms with Gasteiger partial charge in [-0.15, -0.1) is 11.8 Å². The number of hydrogen-bond acceptors (Lipinski definition) is 4. The highest BCUT2D eigenvalue weighted by atomic mass is 35.5. The van der Waals surface area contributed by atoms with Gasteiger partial charge in [-0.2, -0.15) is 4.31 Å². The van der Waals surface area contributed by atoms with E-state index < -0.39 is 22.5 Å². The number of hydrogen-bond donors (Lipinski definition) is 1. The first kappa shape index (κ1) is 24.9. The number of nitrogens with one attached hydrogen (secondary N) is 1. The van der Waals surface area contributed by atoms with Gasteiger partial charge in [0.15, 0.2) is 0 Å².